The van der Waals surface area contributed by atoms with E-state index in [9.17, 15) is 4.79 Å². The average Bonchev–Trinajstić information content (AvgIpc) is 2.08. The molecule has 0 aliphatic rings. The van der Waals surface area contributed by atoms with Gasteiger partial charge < -0.3 is 11.1 Å². The molecule has 0 aliphatic heterocycles. The first-order valence-corrected chi connectivity index (χ1v) is 3.80. The minimum Gasteiger partial charge on any atom is -0.399 e. The summed E-state index contributed by atoms with van der Waals surface area (Å²) < 4.78 is 0. The third kappa shape index (κ3) is 2.79. The summed E-state index contributed by atoms with van der Waals surface area (Å²) in [5.41, 5.74) is 6.41. The molecule has 0 saturated carbocycles. The van der Waals surface area contributed by atoms with Gasteiger partial charge in [0.15, 0.2) is 0 Å². The molecule has 0 atom stereocenters. The Bertz CT molecular complexity index is 315. The maximum absolute atomic E-state index is 11.1. The van der Waals surface area contributed by atoms with E-state index in [1.807, 2.05) is 0 Å². The van der Waals surface area contributed by atoms with Crippen molar-refractivity contribution in [1.82, 2.24) is 5.32 Å². The van der Waals surface area contributed by atoms with Crippen molar-refractivity contribution < 1.29 is 4.79 Å². The van der Waals surface area contributed by atoms with Gasteiger partial charge in [0.1, 0.15) is 0 Å². The van der Waals surface area contributed by atoms with Crippen LogP contribution >= 0.6 is 24.0 Å². The zero-order chi connectivity index (χ0) is 9.14. The second-order valence-corrected chi connectivity index (χ2v) is 2.73. The summed E-state index contributed by atoms with van der Waals surface area (Å²) in [5.74, 6) is -0.229. The molecule has 3 nitrogen and oxygen atoms in total. The van der Waals surface area contributed by atoms with E-state index in [4.69, 9.17) is 17.3 Å². The minimum absolute atomic E-state index is 0. The number of hydrogen-bond acceptors (Lipinski definition) is 2. The molecule has 1 amide bonds. The van der Waals surface area contributed by atoms with E-state index in [1.54, 1.807) is 25.2 Å². The first kappa shape index (κ1) is 12.1. The Kier molecular flexibility index (Phi) is 4.59. The number of anilines is 1. The fraction of sp³-hybridized carbons (Fsp3) is 0.125. The Morgan fingerprint density at radius 2 is 2.15 bits per heavy atom. The van der Waals surface area contributed by atoms with Gasteiger partial charge in [-0.15, -0.1) is 12.4 Å². The van der Waals surface area contributed by atoms with Crippen LogP contribution in [0.1, 0.15) is 10.4 Å². The fourth-order valence-corrected chi connectivity index (χ4v) is 1.05. The van der Waals surface area contributed by atoms with Crippen LogP contribution in [0.4, 0.5) is 5.69 Å². The van der Waals surface area contributed by atoms with Crippen LogP contribution in [0.5, 0.6) is 0 Å². The van der Waals surface area contributed by atoms with Gasteiger partial charge in [-0.3, -0.25) is 4.79 Å². The maximum atomic E-state index is 11.1. The highest BCUT2D eigenvalue weighted by atomic mass is 35.5. The molecule has 72 valence electrons. The first-order valence-electron chi connectivity index (χ1n) is 3.42. The summed E-state index contributed by atoms with van der Waals surface area (Å²) in [4.78, 5) is 11.1. The molecule has 0 saturated heterocycles. The summed E-state index contributed by atoms with van der Waals surface area (Å²) in [7, 11) is 1.54. The minimum atomic E-state index is -0.229. The SMILES string of the molecule is CNC(=O)c1cc(N)ccc1Cl.Cl. The third-order valence-electron chi connectivity index (χ3n) is 1.46. The monoisotopic (exact) mass is 220 g/mol. The Balaban J connectivity index is 0.00000144. The van der Waals surface area contributed by atoms with Crippen molar-refractivity contribution in [1.29, 1.82) is 0 Å². The van der Waals surface area contributed by atoms with Crippen LogP contribution in [-0.2, 0) is 0 Å². The lowest BCUT2D eigenvalue weighted by Crippen LogP contribution is -2.18. The molecule has 1 aromatic carbocycles. The summed E-state index contributed by atoms with van der Waals surface area (Å²) in [6, 6.07) is 4.79. The van der Waals surface area contributed by atoms with Gasteiger partial charge in [0, 0.05) is 12.7 Å². The second kappa shape index (κ2) is 4.94. The molecule has 0 aromatic heterocycles. The van der Waals surface area contributed by atoms with E-state index < -0.39 is 0 Å². The summed E-state index contributed by atoms with van der Waals surface area (Å²) in [6.45, 7) is 0. The highest BCUT2D eigenvalue weighted by Gasteiger charge is 2.07. The molecule has 3 N–H and O–H groups in total. The molecule has 0 radical (unpaired) electrons. The van der Waals surface area contributed by atoms with Crippen molar-refractivity contribution in [2.45, 2.75) is 0 Å². The average molecular weight is 221 g/mol. The van der Waals surface area contributed by atoms with Crippen LogP contribution < -0.4 is 11.1 Å². The van der Waals surface area contributed by atoms with Gasteiger partial charge in [-0.2, -0.15) is 0 Å². The van der Waals surface area contributed by atoms with Crippen molar-refractivity contribution >= 4 is 35.6 Å². The summed E-state index contributed by atoms with van der Waals surface area (Å²) >= 11 is 5.75. The summed E-state index contributed by atoms with van der Waals surface area (Å²) in [5, 5.41) is 2.88. The smallest absolute Gasteiger partial charge is 0.252 e. The lowest BCUT2D eigenvalue weighted by molar-refractivity contribution is 0.0963. The van der Waals surface area contributed by atoms with Gasteiger partial charge in [-0.1, -0.05) is 11.6 Å². The highest BCUT2D eigenvalue weighted by molar-refractivity contribution is 6.33. The van der Waals surface area contributed by atoms with Crippen molar-refractivity contribution in [2.24, 2.45) is 0 Å². The Hall–Kier alpha value is -0.930. The van der Waals surface area contributed by atoms with E-state index in [0.29, 0.717) is 16.3 Å². The fourth-order valence-electron chi connectivity index (χ4n) is 0.852. The number of benzene rings is 1. The quantitative estimate of drug-likeness (QED) is 0.709. The van der Waals surface area contributed by atoms with E-state index in [-0.39, 0.29) is 18.3 Å². The van der Waals surface area contributed by atoms with Crippen molar-refractivity contribution in [3.8, 4) is 0 Å². The Morgan fingerprint density at radius 3 is 2.69 bits per heavy atom. The number of amides is 1. The number of nitrogen functional groups attached to an aromatic ring is 1. The van der Waals surface area contributed by atoms with Crippen LogP contribution in [0.15, 0.2) is 18.2 Å². The van der Waals surface area contributed by atoms with Crippen LogP contribution in [0.3, 0.4) is 0 Å². The van der Waals surface area contributed by atoms with E-state index >= 15 is 0 Å². The van der Waals surface area contributed by atoms with Crippen LogP contribution in [0.25, 0.3) is 0 Å². The zero-order valence-electron chi connectivity index (χ0n) is 7.00. The van der Waals surface area contributed by atoms with Gasteiger partial charge in [-0.05, 0) is 18.2 Å². The normalized spacial score (nSPS) is 8.77. The largest absolute Gasteiger partial charge is 0.399 e. The van der Waals surface area contributed by atoms with Gasteiger partial charge in [0.2, 0.25) is 0 Å². The number of nitrogens with two attached hydrogens (primary N) is 1. The number of carbonyl (C=O) groups is 1. The number of rotatable bonds is 1. The molecule has 0 bridgehead atoms. The Morgan fingerprint density at radius 1 is 1.54 bits per heavy atom. The van der Waals surface area contributed by atoms with E-state index in [1.165, 1.54) is 0 Å². The van der Waals surface area contributed by atoms with Crippen LogP contribution in [-0.4, -0.2) is 13.0 Å². The molecular formula is C8H10Cl2N2O. The molecule has 0 aliphatic carbocycles. The van der Waals surface area contributed by atoms with Crippen molar-refractivity contribution in [3.05, 3.63) is 28.8 Å². The van der Waals surface area contributed by atoms with Crippen LogP contribution in [0, 0.1) is 0 Å². The molecule has 0 unspecified atom stereocenters. The number of carbonyl (C=O) groups excluding carboxylic acids is 1. The van der Waals surface area contributed by atoms with Crippen molar-refractivity contribution in [3.63, 3.8) is 0 Å². The van der Waals surface area contributed by atoms with Crippen LogP contribution in [0.2, 0.25) is 5.02 Å². The molecule has 0 fully saturated rings. The second-order valence-electron chi connectivity index (χ2n) is 2.32. The molecular weight excluding hydrogens is 211 g/mol. The van der Waals surface area contributed by atoms with Crippen molar-refractivity contribution in [2.75, 3.05) is 12.8 Å². The van der Waals surface area contributed by atoms with Gasteiger partial charge in [-0.25, -0.2) is 0 Å². The lowest BCUT2D eigenvalue weighted by atomic mass is 10.2. The molecule has 0 heterocycles. The molecule has 1 rings (SSSR count). The van der Waals surface area contributed by atoms with E-state index in [2.05, 4.69) is 5.32 Å². The highest BCUT2D eigenvalue weighted by Crippen LogP contribution is 2.18. The number of hydrogen-bond donors (Lipinski definition) is 2. The Labute approximate surface area is 87.7 Å². The summed E-state index contributed by atoms with van der Waals surface area (Å²) in [6.07, 6.45) is 0. The molecule has 1 aromatic rings. The standard InChI is InChI=1S/C8H9ClN2O.ClH/c1-11-8(12)6-4-5(10)2-3-7(6)9;/h2-4H,10H2,1H3,(H,11,12);1H. The van der Waals surface area contributed by atoms with Gasteiger partial charge in [0.05, 0.1) is 10.6 Å². The lowest BCUT2D eigenvalue weighted by Gasteiger charge is -2.02. The topological polar surface area (TPSA) is 55.1 Å². The molecule has 5 heteroatoms. The first-order chi connectivity index (χ1) is 5.65. The third-order valence-corrected chi connectivity index (χ3v) is 1.79. The molecule has 13 heavy (non-hydrogen) atoms. The predicted molar refractivity (Wildman–Crippen MR) is 56.5 cm³/mol. The van der Waals surface area contributed by atoms with E-state index in [0.717, 1.165) is 0 Å². The molecule has 0 spiro atoms. The van der Waals surface area contributed by atoms with Gasteiger partial charge >= 0.3 is 0 Å². The number of halogens is 2. The number of nitrogens with one attached hydrogen (secondary N) is 1. The predicted octanol–water partition coefficient (Wildman–Crippen LogP) is 1.70. The zero-order valence-corrected chi connectivity index (χ0v) is 8.58. The maximum Gasteiger partial charge on any atom is 0.252 e. The van der Waals surface area contributed by atoms with Gasteiger partial charge in [0.25, 0.3) is 5.91 Å².